The molecule has 0 saturated heterocycles. The zero-order chi connectivity index (χ0) is 64.5. The molecule has 0 aliphatic rings. The second kappa shape index (κ2) is 28.9. The van der Waals surface area contributed by atoms with E-state index in [4.69, 9.17) is 90.0 Å². The summed E-state index contributed by atoms with van der Waals surface area (Å²) < 4.78 is 32.1. The summed E-state index contributed by atoms with van der Waals surface area (Å²) in [4.78, 5) is 44.6. The van der Waals surface area contributed by atoms with E-state index in [-0.39, 0.29) is 63.2 Å². The molecule has 0 saturated carbocycles. The fourth-order valence-electron chi connectivity index (χ4n) is 9.88. The summed E-state index contributed by atoms with van der Waals surface area (Å²) in [6, 6.07) is 20.8. The molecule has 6 aromatic heterocycles. The maximum Gasteiger partial charge on any atom is 0.247 e. The Balaban J connectivity index is 0.941. The monoisotopic (exact) mass is 1310 g/mol. The lowest BCUT2D eigenvalue weighted by atomic mass is 10.1. The zero-order valence-electron chi connectivity index (χ0n) is 50.2. The minimum Gasteiger partial charge on any atom is -0.495 e. The van der Waals surface area contributed by atoms with Crippen LogP contribution in [0.25, 0.3) is 44.1 Å². The van der Waals surface area contributed by atoms with Crippen LogP contribution in [0.15, 0.2) is 135 Å². The average molecular weight is 1310 g/mol. The van der Waals surface area contributed by atoms with Crippen molar-refractivity contribution in [1.29, 1.82) is 0 Å². The Labute approximate surface area is 543 Å². The number of rotatable bonds is 27. The number of hydrogen-bond acceptors (Lipinski definition) is 18. The van der Waals surface area contributed by atoms with E-state index in [1.807, 2.05) is 68.6 Å². The van der Waals surface area contributed by atoms with Crippen LogP contribution in [0.4, 0.5) is 46.0 Å². The number of benzene rings is 4. The first-order valence-electron chi connectivity index (χ1n) is 28.2. The van der Waals surface area contributed by atoms with Crippen molar-refractivity contribution in [3.8, 4) is 45.5 Å². The molecular weight excluding hydrogens is 1250 g/mol. The first-order valence-corrected chi connectivity index (χ1v) is 29.7. The smallest absolute Gasteiger partial charge is 0.247 e. The summed E-state index contributed by atoms with van der Waals surface area (Å²) in [5, 5.41) is 42.9. The predicted octanol–water partition coefficient (Wildman–Crippen LogP) is 13.8. The summed E-state index contributed by atoms with van der Waals surface area (Å²) in [5.41, 5.74) is 7.10. The minimum atomic E-state index is -0.719. The fourth-order valence-corrected chi connectivity index (χ4v) is 11.2. The molecule has 0 aliphatic heterocycles. The Morgan fingerprint density at radius 2 is 1.10 bits per heavy atom. The van der Waals surface area contributed by atoms with E-state index < -0.39 is 6.04 Å². The molecule has 0 radical (unpaired) electrons. The SMILES string of the molecule is C=CC(=O)Nc1cccc(C)c1Nc1cc2c(NCc3cnn(C(CO)COc4cc(OC)c(Cl)c(-c5cc6cnc(Nc7c(C)cccc7NC(=O)C=C)cc6c(NCc6cnn(CCOC)c6)n5)c4Cl)c3)nc(-c3c(Cl)c(OC)cc(OC)c3Cl)cc2cn1. The summed E-state index contributed by atoms with van der Waals surface area (Å²) in [5.74, 6) is 2.16. The van der Waals surface area contributed by atoms with Crippen LogP contribution in [0.3, 0.4) is 0 Å². The Bertz CT molecular complexity index is 4380. The van der Waals surface area contributed by atoms with Gasteiger partial charge in [0.15, 0.2) is 0 Å². The molecule has 0 spiro atoms. The minimum absolute atomic E-state index is 0.104. The third-order valence-corrected chi connectivity index (χ3v) is 16.1. The number of carbonyl (C=O) groups excluding carboxylic acids is 2. The third-order valence-electron chi connectivity index (χ3n) is 14.6. The Hall–Kier alpha value is -9.68. The lowest BCUT2D eigenvalue weighted by molar-refractivity contribution is -0.112. The number of fused-ring (bicyclic) bond motifs is 2. The second-order valence-corrected chi connectivity index (χ2v) is 22.1. The van der Waals surface area contributed by atoms with E-state index >= 15 is 0 Å². The Morgan fingerprint density at radius 1 is 0.626 bits per heavy atom. The summed E-state index contributed by atoms with van der Waals surface area (Å²) in [7, 11) is 6.09. The maximum absolute atomic E-state index is 12.4. The second-order valence-electron chi connectivity index (χ2n) is 20.6. The molecule has 7 N–H and O–H groups in total. The first kappa shape index (κ1) is 64.3. The number of para-hydroxylation sites is 2. The molecule has 468 valence electrons. The number of ether oxygens (including phenoxy) is 5. The number of aliphatic hydroxyl groups is 1. The van der Waals surface area contributed by atoms with Crippen molar-refractivity contribution in [2.75, 3.05) is 80.2 Å². The van der Waals surface area contributed by atoms with Crippen LogP contribution in [0, 0.1) is 13.8 Å². The number of hydrogen-bond donors (Lipinski definition) is 7. The van der Waals surface area contributed by atoms with Crippen molar-refractivity contribution in [3.05, 3.63) is 178 Å². The van der Waals surface area contributed by atoms with Crippen LogP contribution < -0.4 is 50.8 Å². The van der Waals surface area contributed by atoms with Gasteiger partial charge in [-0.2, -0.15) is 10.2 Å². The predicted molar refractivity (Wildman–Crippen MR) is 359 cm³/mol. The third kappa shape index (κ3) is 14.3. The molecule has 2 amide bonds. The van der Waals surface area contributed by atoms with E-state index in [0.29, 0.717) is 127 Å². The van der Waals surface area contributed by atoms with Gasteiger partial charge in [-0.05, 0) is 73.5 Å². The molecule has 10 aromatic rings. The number of anilines is 8. The molecule has 4 aromatic carbocycles. The zero-order valence-corrected chi connectivity index (χ0v) is 53.2. The van der Waals surface area contributed by atoms with Crippen molar-refractivity contribution in [1.82, 2.24) is 39.5 Å². The molecule has 91 heavy (non-hydrogen) atoms. The van der Waals surface area contributed by atoms with Crippen LogP contribution in [0.5, 0.6) is 23.0 Å². The highest BCUT2D eigenvalue weighted by atomic mass is 35.5. The van der Waals surface area contributed by atoms with E-state index in [9.17, 15) is 14.7 Å². The summed E-state index contributed by atoms with van der Waals surface area (Å²) >= 11 is 28.4. The van der Waals surface area contributed by atoms with Crippen LogP contribution >= 0.6 is 46.4 Å². The largest absolute Gasteiger partial charge is 0.495 e. The number of methoxy groups -OCH3 is 4. The molecule has 0 fully saturated rings. The van der Waals surface area contributed by atoms with Crippen LogP contribution in [0.1, 0.15) is 28.3 Å². The molecule has 22 nitrogen and oxygen atoms in total. The Morgan fingerprint density at radius 3 is 1.57 bits per heavy atom. The number of nitrogens with zero attached hydrogens (tertiary/aromatic N) is 8. The standard InChI is InChI=1S/C65H62Cl4N14O8/c1-9-54(85)76-44-15-11-13-35(3)62(44)80-52-21-42-40(30-71-52)20-47(79-64(42)72-25-37-27-74-82(31-37)17-18-87-5)57-60(68)50(90-8)24-51(61(57)69)91-34-41(33-84)83-32-38(28-75-83)26-73-65-43-22-53(81-63-36(4)14-12-16-45(63)77-55(86)10-2)70-29-39(43)19-46(78-65)56-58(66)48(88-6)23-49(89-7)59(56)67/h9-16,19-24,27-32,41,84H,1-2,17-18,25-26,33-34H2,3-8H3,(H,70,81)(H,71,80)(H,72,79)(H,73,78)(H,76,85)(H,77,86). The topological polar surface area (TPSA) is 260 Å². The van der Waals surface area contributed by atoms with Crippen molar-refractivity contribution >= 4 is 126 Å². The highest BCUT2D eigenvalue weighted by Gasteiger charge is 2.26. The molecule has 0 bridgehead atoms. The van der Waals surface area contributed by atoms with Crippen molar-refractivity contribution in [2.45, 2.75) is 39.5 Å². The molecule has 0 aliphatic carbocycles. The Kier molecular flexibility index (Phi) is 20.4. The molecule has 1 atom stereocenters. The van der Waals surface area contributed by atoms with E-state index in [1.165, 1.54) is 33.5 Å². The molecule has 6 heterocycles. The van der Waals surface area contributed by atoms with Gasteiger partial charge in [-0.25, -0.2) is 19.9 Å². The summed E-state index contributed by atoms with van der Waals surface area (Å²) in [6.45, 7) is 12.1. The average Bonchev–Trinajstić information content (AvgIpc) is 2.38. The highest BCUT2D eigenvalue weighted by molar-refractivity contribution is 6.42. The number of aryl methyl sites for hydroxylation is 2. The van der Waals surface area contributed by atoms with Gasteiger partial charge in [0.1, 0.15) is 58.9 Å². The van der Waals surface area contributed by atoms with Gasteiger partial charge in [0, 0.05) is 101 Å². The van der Waals surface area contributed by atoms with Gasteiger partial charge in [0.2, 0.25) is 11.8 Å². The van der Waals surface area contributed by atoms with Crippen molar-refractivity contribution < 1.29 is 38.4 Å². The van der Waals surface area contributed by atoms with E-state index in [0.717, 1.165) is 16.7 Å². The molecular formula is C65H62Cl4N14O8. The number of aliphatic hydroxyl groups excluding tert-OH is 1. The van der Waals surface area contributed by atoms with Crippen LogP contribution in [-0.4, -0.2) is 105 Å². The van der Waals surface area contributed by atoms with Crippen LogP contribution in [-0.2, 0) is 34.0 Å². The molecule has 10 rings (SSSR count). The number of nitrogens with one attached hydrogen (secondary N) is 6. The summed E-state index contributed by atoms with van der Waals surface area (Å²) in [6.07, 6.45) is 12.9. The maximum atomic E-state index is 12.4. The van der Waals surface area contributed by atoms with E-state index in [2.05, 4.69) is 55.3 Å². The van der Waals surface area contributed by atoms with Crippen molar-refractivity contribution in [3.63, 3.8) is 0 Å². The lowest BCUT2D eigenvalue weighted by Crippen LogP contribution is -2.21. The van der Waals surface area contributed by atoms with E-state index in [1.54, 1.807) is 71.7 Å². The van der Waals surface area contributed by atoms with Gasteiger partial charge in [0.05, 0.1) is 108 Å². The normalized spacial score (nSPS) is 11.5. The number of carbonyl (C=O) groups is 2. The van der Waals surface area contributed by atoms with Gasteiger partial charge in [-0.1, -0.05) is 83.8 Å². The van der Waals surface area contributed by atoms with Crippen LogP contribution in [0.2, 0.25) is 20.1 Å². The first-order chi connectivity index (χ1) is 44.0. The van der Waals surface area contributed by atoms with Gasteiger partial charge in [-0.3, -0.25) is 19.0 Å². The quantitative estimate of drug-likeness (QED) is 0.0236. The lowest BCUT2D eigenvalue weighted by Gasteiger charge is -2.20. The molecule has 1 unspecified atom stereocenters. The van der Waals surface area contributed by atoms with Crippen molar-refractivity contribution in [2.24, 2.45) is 0 Å². The van der Waals surface area contributed by atoms with Gasteiger partial charge in [-0.15, -0.1) is 0 Å². The molecule has 26 heteroatoms. The number of aromatic nitrogens is 8. The number of amides is 2. The highest BCUT2D eigenvalue weighted by Crippen LogP contribution is 2.49. The van der Waals surface area contributed by atoms with Gasteiger partial charge in [0.25, 0.3) is 0 Å². The fraction of sp³-hybridized carbons (Fsp3) is 0.200. The number of pyridine rings is 4. The number of halogens is 4. The van der Waals surface area contributed by atoms with Gasteiger partial charge >= 0.3 is 0 Å². The van der Waals surface area contributed by atoms with Gasteiger partial charge < -0.3 is 60.7 Å².